The molecule has 1 heterocycles. The molecule has 0 aliphatic carbocycles. The Morgan fingerprint density at radius 1 is 1.27 bits per heavy atom. The van der Waals surface area contributed by atoms with Crippen molar-refractivity contribution in [1.82, 2.24) is 9.80 Å². The average Bonchev–Trinajstić information content (AvgIpc) is 2.29. The Balaban J connectivity index is 2.15. The molecule has 0 radical (unpaired) electrons. The Bertz CT molecular complexity index is 156. The first-order chi connectivity index (χ1) is 7.27. The van der Waals surface area contributed by atoms with E-state index in [4.69, 9.17) is 0 Å². The van der Waals surface area contributed by atoms with Gasteiger partial charge in [-0.15, -0.1) is 0 Å². The smallest absolute Gasteiger partial charge is 0.0117 e. The van der Waals surface area contributed by atoms with Crippen molar-refractivity contribution in [2.24, 2.45) is 0 Å². The number of nitrogens with zero attached hydrogens (tertiary/aromatic N) is 2. The van der Waals surface area contributed by atoms with Gasteiger partial charge in [-0.3, -0.25) is 0 Å². The maximum absolute atomic E-state index is 3.49. The quantitative estimate of drug-likeness (QED) is 0.544. The van der Waals surface area contributed by atoms with Crippen LogP contribution in [0.15, 0.2) is 0 Å². The molecule has 1 saturated heterocycles. The molecule has 1 aliphatic rings. The van der Waals surface area contributed by atoms with E-state index in [1.807, 2.05) is 0 Å². The highest BCUT2D eigenvalue weighted by Gasteiger charge is 2.20. The maximum atomic E-state index is 3.49. The highest BCUT2D eigenvalue weighted by atomic mass is 79.9. The lowest BCUT2D eigenvalue weighted by atomic mass is 10.0. The fraction of sp³-hybridized carbons (Fsp3) is 1.00. The molecule has 0 saturated carbocycles. The zero-order valence-corrected chi connectivity index (χ0v) is 11.8. The summed E-state index contributed by atoms with van der Waals surface area (Å²) in [6.07, 6.45) is 5.35. The summed E-state index contributed by atoms with van der Waals surface area (Å²) >= 11 is 3.49. The number of likely N-dealkylation sites (tertiary alicyclic amines) is 1. The number of piperidine rings is 1. The van der Waals surface area contributed by atoms with E-state index in [9.17, 15) is 0 Å². The molecule has 0 spiro atoms. The van der Waals surface area contributed by atoms with E-state index in [-0.39, 0.29) is 0 Å². The number of alkyl halides is 1. The van der Waals surface area contributed by atoms with E-state index in [2.05, 4.69) is 39.7 Å². The maximum Gasteiger partial charge on any atom is 0.0117 e. The Kier molecular flexibility index (Phi) is 6.86. The highest BCUT2D eigenvalue weighted by molar-refractivity contribution is 9.09. The number of unbranched alkanes of at least 4 members (excludes halogenated alkanes) is 1. The van der Waals surface area contributed by atoms with Crippen LogP contribution < -0.4 is 0 Å². The van der Waals surface area contributed by atoms with Gasteiger partial charge < -0.3 is 9.80 Å². The van der Waals surface area contributed by atoms with Gasteiger partial charge in [0.1, 0.15) is 0 Å². The monoisotopic (exact) mass is 276 g/mol. The normalized spacial score (nSPS) is 20.0. The van der Waals surface area contributed by atoms with Crippen molar-refractivity contribution in [3.8, 4) is 0 Å². The van der Waals surface area contributed by atoms with E-state index in [1.54, 1.807) is 0 Å². The largest absolute Gasteiger partial charge is 0.303 e. The number of hydrogen-bond donors (Lipinski definition) is 0. The second-order valence-corrected chi connectivity index (χ2v) is 5.34. The van der Waals surface area contributed by atoms with E-state index in [0.717, 1.165) is 11.4 Å². The molecule has 0 aromatic carbocycles. The zero-order valence-electron chi connectivity index (χ0n) is 10.2. The van der Waals surface area contributed by atoms with Gasteiger partial charge in [-0.1, -0.05) is 22.9 Å². The third kappa shape index (κ3) is 4.83. The summed E-state index contributed by atoms with van der Waals surface area (Å²) in [5, 5.41) is 1.15. The van der Waals surface area contributed by atoms with E-state index in [1.165, 1.54) is 51.9 Å². The number of hydrogen-bond acceptors (Lipinski definition) is 2. The molecule has 15 heavy (non-hydrogen) atoms. The van der Waals surface area contributed by atoms with Crippen LogP contribution in [0, 0.1) is 0 Å². The molecule has 0 atom stereocenters. The van der Waals surface area contributed by atoms with Crippen molar-refractivity contribution in [1.29, 1.82) is 0 Å². The van der Waals surface area contributed by atoms with Gasteiger partial charge >= 0.3 is 0 Å². The molecule has 0 amide bonds. The molecule has 2 nitrogen and oxygen atoms in total. The summed E-state index contributed by atoms with van der Waals surface area (Å²) in [5.74, 6) is 0. The van der Waals surface area contributed by atoms with Crippen LogP contribution in [0.4, 0.5) is 0 Å². The summed E-state index contributed by atoms with van der Waals surface area (Å²) in [6.45, 7) is 7.34. The van der Waals surface area contributed by atoms with Crippen molar-refractivity contribution >= 4 is 15.9 Å². The molecule has 0 aromatic heterocycles. The van der Waals surface area contributed by atoms with E-state index in [0.29, 0.717) is 0 Å². The van der Waals surface area contributed by atoms with Crippen LogP contribution >= 0.6 is 15.9 Å². The second-order valence-electron chi connectivity index (χ2n) is 4.54. The SMILES string of the molecule is CCN1CCC(N(C)CCCCBr)CC1. The molecular weight excluding hydrogens is 252 g/mol. The van der Waals surface area contributed by atoms with Gasteiger partial charge in [-0.25, -0.2) is 0 Å². The van der Waals surface area contributed by atoms with Crippen LogP contribution in [0.3, 0.4) is 0 Å². The predicted octanol–water partition coefficient (Wildman–Crippen LogP) is 2.58. The molecule has 3 heteroatoms. The van der Waals surface area contributed by atoms with Crippen molar-refractivity contribution in [2.75, 3.05) is 38.6 Å². The predicted molar refractivity (Wildman–Crippen MR) is 70.8 cm³/mol. The molecule has 90 valence electrons. The zero-order chi connectivity index (χ0) is 11.1. The topological polar surface area (TPSA) is 6.48 Å². The fourth-order valence-corrected chi connectivity index (χ4v) is 2.71. The van der Waals surface area contributed by atoms with Gasteiger partial charge in [0.15, 0.2) is 0 Å². The minimum absolute atomic E-state index is 0.836. The van der Waals surface area contributed by atoms with Crippen molar-refractivity contribution in [3.05, 3.63) is 0 Å². The Morgan fingerprint density at radius 2 is 1.93 bits per heavy atom. The standard InChI is InChI=1S/C12H25BrN2/c1-3-15-10-6-12(7-11-15)14(2)9-5-4-8-13/h12H,3-11H2,1-2H3. The first-order valence-electron chi connectivity index (χ1n) is 6.26. The van der Waals surface area contributed by atoms with E-state index < -0.39 is 0 Å². The minimum atomic E-state index is 0.836. The highest BCUT2D eigenvalue weighted by Crippen LogP contribution is 2.15. The van der Waals surface area contributed by atoms with Gasteiger partial charge in [0.2, 0.25) is 0 Å². The molecule has 1 fully saturated rings. The van der Waals surface area contributed by atoms with Gasteiger partial charge in [0.05, 0.1) is 0 Å². The summed E-state index contributed by atoms with van der Waals surface area (Å²) in [6, 6.07) is 0.836. The number of halogens is 1. The van der Waals surface area contributed by atoms with Crippen LogP contribution in [0.1, 0.15) is 32.6 Å². The lowest BCUT2D eigenvalue weighted by molar-refractivity contribution is 0.131. The first kappa shape index (κ1) is 13.5. The molecule has 0 bridgehead atoms. The molecule has 0 aromatic rings. The van der Waals surface area contributed by atoms with Gasteiger partial charge in [0.25, 0.3) is 0 Å². The summed E-state index contributed by atoms with van der Waals surface area (Å²) in [7, 11) is 2.29. The Morgan fingerprint density at radius 3 is 2.47 bits per heavy atom. The molecule has 0 unspecified atom stereocenters. The van der Waals surface area contributed by atoms with Gasteiger partial charge in [0, 0.05) is 11.4 Å². The minimum Gasteiger partial charge on any atom is -0.303 e. The van der Waals surface area contributed by atoms with Crippen LogP contribution in [-0.2, 0) is 0 Å². The molecule has 1 aliphatic heterocycles. The van der Waals surface area contributed by atoms with E-state index >= 15 is 0 Å². The van der Waals surface area contributed by atoms with Crippen LogP contribution in [-0.4, -0.2) is 54.4 Å². The number of rotatable bonds is 6. The van der Waals surface area contributed by atoms with Crippen molar-refractivity contribution in [3.63, 3.8) is 0 Å². The summed E-state index contributed by atoms with van der Waals surface area (Å²) in [4.78, 5) is 5.12. The lowest BCUT2D eigenvalue weighted by Crippen LogP contribution is -2.43. The average molecular weight is 277 g/mol. The molecular formula is C12H25BrN2. The van der Waals surface area contributed by atoms with Crippen LogP contribution in [0.2, 0.25) is 0 Å². The second kappa shape index (κ2) is 7.64. The summed E-state index contributed by atoms with van der Waals surface area (Å²) < 4.78 is 0. The van der Waals surface area contributed by atoms with Crippen molar-refractivity contribution in [2.45, 2.75) is 38.6 Å². The van der Waals surface area contributed by atoms with Crippen LogP contribution in [0.5, 0.6) is 0 Å². The molecule has 0 N–H and O–H groups in total. The third-order valence-corrected chi connectivity index (χ3v) is 4.08. The third-order valence-electron chi connectivity index (χ3n) is 3.52. The van der Waals surface area contributed by atoms with Gasteiger partial charge in [-0.05, 0) is 58.9 Å². The molecule has 1 rings (SSSR count). The lowest BCUT2D eigenvalue weighted by Gasteiger charge is -2.36. The van der Waals surface area contributed by atoms with Crippen LogP contribution in [0.25, 0.3) is 0 Å². The van der Waals surface area contributed by atoms with Gasteiger partial charge in [-0.2, -0.15) is 0 Å². The Labute approximate surface area is 103 Å². The van der Waals surface area contributed by atoms with Crippen molar-refractivity contribution < 1.29 is 0 Å². The Hall–Kier alpha value is 0.400. The summed E-state index contributed by atoms with van der Waals surface area (Å²) in [5.41, 5.74) is 0. The first-order valence-corrected chi connectivity index (χ1v) is 7.38. The fourth-order valence-electron chi connectivity index (χ4n) is 2.31.